The number of phenolic OH excluding ortho intramolecular Hbond substituents is 1. The van der Waals surface area contributed by atoms with Crippen LogP contribution in [-0.4, -0.2) is 54.5 Å². The highest BCUT2D eigenvalue weighted by Crippen LogP contribution is 2.29. The van der Waals surface area contributed by atoms with Crippen LogP contribution in [-0.2, 0) is 4.79 Å². The van der Waals surface area contributed by atoms with Gasteiger partial charge in [0.2, 0.25) is 5.91 Å². The van der Waals surface area contributed by atoms with Crippen molar-refractivity contribution in [3.8, 4) is 5.75 Å². The minimum absolute atomic E-state index is 0.0302. The van der Waals surface area contributed by atoms with Crippen molar-refractivity contribution in [2.75, 3.05) is 37.6 Å². The highest BCUT2D eigenvalue weighted by Gasteiger charge is 2.21. The first-order valence-electron chi connectivity index (χ1n) is 9.31. The maximum atomic E-state index is 12.4. The number of hydrogen-bond acceptors (Lipinski definition) is 4. The Hall–Kier alpha value is -2.54. The summed E-state index contributed by atoms with van der Waals surface area (Å²) in [7, 11) is 0. The summed E-state index contributed by atoms with van der Waals surface area (Å²) < 4.78 is 0.477. The van der Waals surface area contributed by atoms with Crippen LogP contribution < -0.4 is 10.2 Å². The van der Waals surface area contributed by atoms with Crippen LogP contribution >= 0.6 is 15.9 Å². The molecule has 0 radical (unpaired) electrons. The quantitative estimate of drug-likeness (QED) is 0.741. The lowest BCUT2D eigenvalue weighted by atomic mass is 10.1. The normalized spacial score (nSPS) is 14.1. The Morgan fingerprint density at radius 2 is 1.79 bits per heavy atom. The number of piperazine rings is 1. The highest BCUT2D eigenvalue weighted by molar-refractivity contribution is 9.10. The number of aryl methyl sites for hydroxylation is 1. The van der Waals surface area contributed by atoms with E-state index in [-0.39, 0.29) is 36.1 Å². The van der Waals surface area contributed by atoms with Gasteiger partial charge < -0.3 is 20.2 Å². The van der Waals surface area contributed by atoms with Gasteiger partial charge in [0, 0.05) is 44.8 Å². The number of phenols is 1. The molecule has 0 unspecified atom stereocenters. The number of benzene rings is 2. The Balaban J connectivity index is 1.46. The largest absolute Gasteiger partial charge is 0.506 e. The summed E-state index contributed by atoms with van der Waals surface area (Å²) >= 11 is 3.24. The lowest BCUT2D eigenvalue weighted by Gasteiger charge is -2.36. The molecule has 0 saturated carbocycles. The molecule has 1 heterocycles. The molecule has 1 aliphatic heterocycles. The smallest absolute Gasteiger partial charge is 0.255 e. The zero-order valence-electron chi connectivity index (χ0n) is 15.8. The molecular weight excluding hydrogens is 422 g/mol. The lowest BCUT2D eigenvalue weighted by Crippen LogP contribution is -2.49. The predicted molar refractivity (Wildman–Crippen MR) is 113 cm³/mol. The number of nitrogens with one attached hydrogen (secondary N) is 1. The molecule has 3 rings (SSSR count). The Morgan fingerprint density at radius 3 is 2.46 bits per heavy atom. The van der Waals surface area contributed by atoms with Crippen molar-refractivity contribution in [3.05, 3.63) is 58.1 Å². The van der Waals surface area contributed by atoms with E-state index in [1.54, 1.807) is 12.1 Å². The van der Waals surface area contributed by atoms with Gasteiger partial charge in [-0.1, -0.05) is 18.2 Å². The van der Waals surface area contributed by atoms with Gasteiger partial charge in [0.25, 0.3) is 5.91 Å². The molecule has 2 aromatic carbocycles. The zero-order chi connectivity index (χ0) is 20.1. The number of anilines is 1. The summed E-state index contributed by atoms with van der Waals surface area (Å²) in [6.45, 7) is 5.03. The molecule has 0 aliphatic carbocycles. The second-order valence-corrected chi connectivity index (χ2v) is 7.71. The first kappa shape index (κ1) is 20.2. The predicted octanol–water partition coefficient (Wildman–Crippen LogP) is 2.93. The first-order chi connectivity index (χ1) is 13.5. The van der Waals surface area contributed by atoms with Crippen LogP contribution in [0.15, 0.2) is 46.9 Å². The zero-order valence-corrected chi connectivity index (χ0v) is 17.4. The molecule has 2 amide bonds. The van der Waals surface area contributed by atoms with Gasteiger partial charge in [-0.2, -0.15) is 0 Å². The molecule has 28 heavy (non-hydrogen) atoms. The SMILES string of the molecule is Cc1cc(Br)c(O)c(C(=O)NCCC(=O)N2CCN(c3ccccc3)CC2)c1. The van der Waals surface area contributed by atoms with Gasteiger partial charge in [-0.25, -0.2) is 0 Å². The van der Waals surface area contributed by atoms with Gasteiger partial charge in [0.1, 0.15) is 5.75 Å². The molecule has 0 aromatic heterocycles. The number of carbonyl (C=O) groups excluding carboxylic acids is 2. The fourth-order valence-corrected chi connectivity index (χ4v) is 3.87. The van der Waals surface area contributed by atoms with Crippen molar-refractivity contribution < 1.29 is 14.7 Å². The molecule has 1 fully saturated rings. The number of nitrogens with zero attached hydrogens (tertiary/aromatic N) is 2. The van der Waals surface area contributed by atoms with Crippen molar-refractivity contribution >= 4 is 33.4 Å². The molecule has 0 spiro atoms. The van der Waals surface area contributed by atoms with Crippen LogP contribution in [0.5, 0.6) is 5.75 Å². The van der Waals surface area contributed by atoms with E-state index in [9.17, 15) is 14.7 Å². The molecule has 0 atom stereocenters. The molecule has 148 valence electrons. The third kappa shape index (κ3) is 4.84. The number of carbonyl (C=O) groups is 2. The molecule has 0 bridgehead atoms. The standard InChI is InChI=1S/C21H24BrN3O3/c1-15-13-17(20(27)18(22)14-15)21(28)23-8-7-19(26)25-11-9-24(10-12-25)16-5-3-2-4-6-16/h2-6,13-14,27H,7-12H2,1H3,(H,23,28). The summed E-state index contributed by atoms with van der Waals surface area (Å²) in [5.74, 6) is -0.447. The van der Waals surface area contributed by atoms with Crippen molar-refractivity contribution in [1.29, 1.82) is 0 Å². The van der Waals surface area contributed by atoms with Gasteiger partial charge >= 0.3 is 0 Å². The monoisotopic (exact) mass is 445 g/mol. The Labute approximate surface area is 173 Å². The van der Waals surface area contributed by atoms with Crippen LogP contribution in [0.1, 0.15) is 22.3 Å². The summed E-state index contributed by atoms with van der Waals surface area (Å²) in [4.78, 5) is 28.8. The van der Waals surface area contributed by atoms with Gasteiger partial charge in [0.15, 0.2) is 0 Å². The third-order valence-corrected chi connectivity index (χ3v) is 5.43. The molecule has 6 nitrogen and oxygen atoms in total. The number of aromatic hydroxyl groups is 1. The Kier molecular flexibility index (Phi) is 6.57. The highest BCUT2D eigenvalue weighted by atomic mass is 79.9. The molecular formula is C21H24BrN3O3. The average molecular weight is 446 g/mol. The van der Waals surface area contributed by atoms with E-state index in [2.05, 4.69) is 38.3 Å². The average Bonchev–Trinajstić information content (AvgIpc) is 2.71. The molecule has 1 aliphatic rings. The molecule has 2 N–H and O–H groups in total. The summed E-state index contributed by atoms with van der Waals surface area (Å²) in [5, 5.41) is 12.8. The summed E-state index contributed by atoms with van der Waals surface area (Å²) in [6.07, 6.45) is 0.241. The van der Waals surface area contributed by atoms with Gasteiger partial charge in [-0.05, 0) is 52.7 Å². The topological polar surface area (TPSA) is 72.9 Å². The first-order valence-corrected chi connectivity index (χ1v) is 10.1. The maximum absolute atomic E-state index is 12.4. The number of halogens is 1. The van der Waals surface area contributed by atoms with Crippen molar-refractivity contribution in [1.82, 2.24) is 10.2 Å². The Bertz CT molecular complexity index is 849. The molecule has 7 heteroatoms. The summed E-state index contributed by atoms with van der Waals surface area (Å²) in [6, 6.07) is 13.5. The van der Waals surface area contributed by atoms with Crippen LogP contribution in [0, 0.1) is 6.92 Å². The fraction of sp³-hybridized carbons (Fsp3) is 0.333. The van der Waals surface area contributed by atoms with Gasteiger partial charge in [-0.15, -0.1) is 0 Å². The fourth-order valence-electron chi connectivity index (χ4n) is 3.30. The van der Waals surface area contributed by atoms with Crippen LogP contribution in [0.25, 0.3) is 0 Å². The second kappa shape index (κ2) is 9.10. The number of amides is 2. The van der Waals surface area contributed by atoms with Crippen LogP contribution in [0.4, 0.5) is 5.69 Å². The van der Waals surface area contributed by atoms with E-state index in [0.29, 0.717) is 17.6 Å². The summed E-state index contributed by atoms with van der Waals surface area (Å²) in [5.41, 5.74) is 2.24. The Morgan fingerprint density at radius 1 is 1.11 bits per heavy atom. The number of para-hydroxylation sites is 1. The number of hydrogen-bond donors (Lipinski definition) is 2. The van der Waals surface area contributed by atoms with E-state index in [1.807, 2.05) is 30.0 Å². The van der Waals surface area contributed by atoms with Gasteiger partial charge in [0.05, 0.1) is 10.0 Å². The third-order valence-electron chi connectivity index (χ3n) is 4.83. The van der Waals surface area contributed by atoms with Crippen LogP contribution in [0.2, 0.25) is 0 Å². The van der Waals surface area contributed by atoms with E-state index < -0.39 is 0 Å². The van der Waals surface area contributed by atoms with Crippen molar-refractivity contribution in [2.24, 2.45) is 0 Å². The van der Waals surface area contributed by atoms with E-state index >= 15 is 0 Å². The van der Waals surface area contributed by atoms with Crippen molar-refractivity contribution in [3.63, 3.8) is 0 Å². The molecule has 2 aromatic rings. The van der Waals surface area contributed by atoms with Gasteiger partial charge in [-0.3, -0.25) is 9.59 Å². The molecule has 1 saturated heterocycles. The van der Waals surface area contributed by atoms with E-state index in [1.165, 1.54) is 5.69 Å². The maximum Gasteiger partial charge on any atom is 0.255 e. The number of rotatable bonds is 5. The lowest BCUT2D eigenvalue weighted by molar-refractivity contribution is -0.131. The van der Waals surface area contributed by atoms with Crippen molar-refractivity contribution in [2.45, 2.75) is 13.3 Å². The minimum atomic E-state index is -0.386. The van der Waals surface area contributed by atoms with E-state index in [4.69, 9.17) is 0 Å². The minimum Gasteiger partial charge on any atom is -0.506 e. The second-order valence-electron chi connectivity index (χ2n) is 6.85. The van der Waals surface area contributed by atoms with Crippen LogP contribution in [0.3, 0.4) is 0 Å². The van der Waals surface area contributed by atoms with E-state index in [0.717, 1.165) is 18.7 Å².